The Morgan fingerprint density at radius 2 is 2.09 bits per heavy atom. The molecule has 1 aliphatic carbocycles. The third-order valence-electron chi connectivity index (χ3n) is 3.84. The van der Waals surface area contributed by atoms with Crippen LogP contribution >= 0.6 is 11.6 Å². The highest BCUT2D eigenvalue weighted by Crippen LogP contribution is 2.55. The van der Waals surface area contributed by atoms with Crippen LogP contribution in [-0.4, -0.2) is 24.4 Å². The maximum Gasteiger partial charge on any atom is 0.504 e. The molecule has 0 unspecified atom stereocenters. The van der Waals surface area contributed by atoms with Crippen LogP contribution in [0.1, 0.15) is 29.4 Å². The van der Waals surface area contributed by atoms with Crippen LogP contribution in [0, 0.1) is 0 Å². The lowest BCUT2D eigenvalue weighted by Crippen LogP contribution is -2.16. The van der Waals surface area contributed by atoms with Crippen molar-refractivity contribution in [1.82, 2.24) is 24.4 Å². The van der Waals surface area contributed by atoms with E-state index in [1.165, 1.54) is 6.20 Å². The summed E-state index contributed by atoms with van der Waals surface area (Å²) in [5, 5.41) is 7.80. The summed E-state index contributed by atoms with van der Waals surface area (Å²) in [5.41, 5.74) is 2.15. The highest BCUT2D eigenvalue weighted by molar-refractivity contribution is 6.29. The minimum atomic E-state index is -4.49. The number of hydrogen-bond donors (Lipinski definition) is 0. The number of alkyl halides is 3. The Morgan fingerprint density at radius 1 is 1.27 bits per heavy atom. The summed E-state index contributed by atoms with van der Waals surface area (Å²) in [5.74, 6) is 0.0753. The smallest absolute Gasteiger partial charge is 0.235 e. The van der Waals surface area contributed by atoms with Gasteiger partial charge < -0.3 is 0 Å². The minimum absolute atomic E-state index is 0.00457. The van der Waals surface area contributed by atoms with Crippen LogP contribution in [0.15, 0.2) is 30.9 Å². The van der Waals surface area contributed by atoms with Crippen molar-refractivity contribution in [2.45, 2.75) is 24.6 Å². The molecule has 3 aromatic heterocycles. The molecule has 0 N–H and O–H groups in total. The predicted octanol–water partition coefficient (Wildman–Crippen LogP) is 3.33. The number of rotatable bonds is 2. The summed E-state index contributed by atoms with van der Waals surface area (Å²) in [7, 11) is 0. The van der Waals surface area contributed by atoms with Crippen molar-refractivity contribution in [2.75, 3.05) is 0 Å². The lowest BCUT2D eigenvalue weighted by molar-refractivity contribution is -0.212. The van der Waals surface area contributed by atoms with E-state index in [1.54, 1.807) is 23.0 Å². The van der Waals surface area contributed by atoms with Gasteiger partial charge in [0.2, 0.25) is 0 Å². The summed E-state index contributed by atoms with van der Waals surface area (Å²) in [4.78, 5) is 4.23. The Labute approximate surface area is 127 Å². The normalized spacial score (nSPS) is 21.5. The molecule has 22 heavy (non-hydrogen) atoms. The summed E-state index contributed by atoms with van der Waals surface area (Å²) >= 11 is 5.99. The number of imidazole rings is 1. The Bertz CT molecular complexity index is 853. The van der Waals surface area contributed by atoms with Crippen LogP contribution < -0.4 is 0 Å². The minimum Gasteiger partial charge on any atom is -0.235 e. The first kappa shape index (κ1) is 13.6. The van der Waals surface area contributed by atoms with Crippen LogP contribution in [-0.2, 0) is 6.30 Å². The molecule has 3 aromatic rings. The molecule has 0 amide bonds. The zero-order chi connectivity index (χ0) is 15.5. The predicted molar refractivity (Wildman–Crippen MR) is 71.6 cm³/mol. The molecule has 1 saturated carbocycles. The van der Waals surface area contributed by atoms with Gasteiger partial charge in [-0.2, -0.15) is 14.9 Å². The highest BCUT2D eigenvalue weighted by Gasteiger charge is 2.43. The van der Waals surface area contributed by atoms with Crippen molar-refractivity contribution < 1.29 is 13.2 Å². The third-order valence-corrected chi connectivity index (χ3v) is 4.02. The van der Waals surface area contributed by atoms with E-state index in [-0.39, 0.29) is 16.5 Å². The van der Waals surface area contributed by atoms with E-state index in [1.807, 2.05) is 0 Å². The molecule has 0 bridgehead atoms. The zero-order valence-electron chi connectivity index (χ0n) is 11.0. The van der Waals surface area contributed by atoms with Crippen LogP contribution in [0.25, 0.3) is 5.65 Å². The average molecular weight is 328 g/mol. The van der Waals surface area contributed by atoms with Gasteiger partial charge >= 0.3 is 6.30 Å². The van der Waals surface area contributed by atoms with E-state index < -0.39 is 6.30 Å². The molecular formula is C13H9ClF3N5. The fourth-order valence-corrected chi connectivity index (χ4v) is 2.95. The van der Waals surface area contributed by atoms with Gasteiger partial charge in [0.15, 0.2) is 5.65 Å². The molecule has 3 heterocycles. The van der Waals surface area contributed by atoms with Gasteiger partial charge in [0.25, 0.3) is 0 Å². The molecule has 0 saturated heterocycles. The monoisotopic (exact) mass is 327 g/mol. The van der Waals surface area contributed by atoms with E-state index in [4.69, 9.17) is 11.6 Å². The second kappa shape index (κ2) is 4.45. The summed E-state index contributed by atoms with van der Waals surface area (Å²) in [6.45, 7) is 0. The lowest BCUT2D eigenvalue weighted by Gasteiger charge is -2.04. The molecule has 4 rings (SSSR count). The van der Waals surface area contributed by atoms with Crippen LogP contribution in [0.4, 0.5) is 13.2 Å². The maximum atomic E-state index is 12.6. The van der Waals surface area contributed by atoms with Gasteiger partial charge in [0.05, 0.1) is 6.20 Å². The second-order valence-electron chi connectivity index (χ2n) is 5.25. The zero-order valence-corrected chi connectivity index (χ0v) is 11.8. The van der Waals surface area contributed by atoms with Crippen LogP contribution in [0.3, 0.4) is 0 Å². The van der Waals surface area contributed by atoms with Crippen molar-refractivity contribution in [2.24, 2.45) is 0 Å². The summed E-state index contributed by atoms with van der Waals surface area (Å²) in [6.07, 6.45) is 1.86. The lowest BCUT2D eigenvalue weighted by atomic mass is 10.1. The molecule has 9 heteroatoms. The quantitative estimate of drug-likeness (QED) is 0.725. The largest absolute Gasteiger partial charge is 0.504 e. The first-order valence-electron chi connectivity index (χ1n) is 6.55. The van der Waals surface area contributed by atoms with Gasteiger partial charge in [0.1, 0.15) is 5.15 Å². The van der Waals surface area contributed by atoms with Gasteiger partial charge in [-0.1, -0.05) is 11.6 Å². The van der Waals surface area contributed by atoms with Gasteiger partial charge in [-0.05, 0) is 29.9 Å². The fourth-order valence-electron chi connectivity index (χ4n) is 2.76. The number of fused-ring (bicyclic) bond motifs is 1. The summed E-state index contributed by atoms with van der Waals surface area (Å²) < 4.78 is 39.4. The Hall–Kier alpha value is -2.09. The van der Waals surface area contributed by atoms with E-state index in [0.29, 0.717) is 16.4 Å². The Kier molecular flexibility index (Phi) is 2.75. The van der Waals surface area contributed by atoms with E-state index >= 15 is 0 Å². The van der Waals surface area contributed by atoms with Crippen molar-refractivity contribution in [3.8, 4) is 0 Å². The number of hydrogen-bond acceptors (Lipinski definition) is 3. The molecule has 5 nitrogen and oxygen atoms in total. The molecule has 0 spiro atoms. The van der Waals surface area contributed by atoms with Crippen molar-refractivity contribution in [3.05, 3.63) is 47.1 Å². The molecule has 2 atom stereocenters. The van der Waals surface area contributed by atoms with Gasteiger partial charge in [0, 0.05) is 24.2 Å². The van der Waals surface area contributed by atoms with E-state index in [9.17, 15) is 13.2 Å². The average Bonchev–Trinajstić information content (AvgIpc) is 2.87. The van der Waals surface area contributed by atoms with Crippen molar-refractivity contribution in [1.29, 1.82) is 0 Å². The van der Waals surface area contributed by atoms with Crippen LogP contribution in [0.5, 0.6) is 0 Å². The third kappa shape index (κ3) is 2.14. The van der Waals surface area contributed by atoms with Gasteiger partial charge in [-0.15, -0.1) is 13.2 Å². The second-order valence-corrected chi connectivity index (χ2v) is 5.64. The van der Waals surface area contributed by atoms with Crippen LogP contribution in [0.2, 0.25) is 5.15 Å². The topological polar surface area (TPSA) is 48.0 Å². The molecule has 1 fully saturated rings. The standard InChI is InChI=1S/C13H9ClF3N5/c14-11-4-10(12-18-1-2-21(12)20-11)9-3-8(9)7-5-19-22(6-7)13(15,16)17/h1-2,4-6,8-9H,3H2/t8-,9+/m1/s1. The Morgan fingerprint density at radius 3 is 2.82 bits per heavy atom. The molecule has 1 aliphatic rings. The van der Waals surface area contributed by atoms with Crippen molar-refractivity contribution >= 4 is 17.2 Å². The highest BCUT2D eigenvalue weighted by atomic mass is 35.5. The first-order valence-corrected chi connectivity index (χ1v) is 6.93. The van der Waals surface area contributed by atoms with Gasteiger partial charge in [-0.25, -0.2) is 9.50 Å². The van der Waals surface area contributed by atoms with Gasteiger partial charge in [-0.3, -0.25) is 0 Å². The summed E-state index contributed by atoms with van der Waals surface area (Å²) in [6, 6.07) is 1.72. The van der Waals surface area contributed by atoms with Crippen molar-refractivity contribution in [3.63, 3.8) is 0 Å². The van der Waals surface area contributed by atoms with E-state index in [2.05, 4.69) is 15.2 Å². The number of aromatic nitrogens is 5. The number of halogens is 4. The molecule has 0 aliphatic heterocycles. The SMILES string of the molecule is FC(F)(F)n1cc([C@H]2C[C@@H]2c2cc(Cl)nn3ccnc23)cn1. The Balaban J connectivity index is 1.66. The maximum absolute atomic E-state index is 12.6. The first-order chi connectivity index (χ1) is 10.4. The fraction of sp³-hybridized carbons (Fsp3) is 0.308. The molecule has 0 aromatic carbocycles. The van der Waals surface area contributed by atoms with E-state index in [0.717, 1.165) is 18.2 Å². The molecule has 114 valence electrons. The molecule has 0 radical (unpaired) electrons. The molecular weight excluding hydrogens is 319 g/mol. The number of nitrogens with zero attached hydrogens (tertiary/aromatic N) is 5.